The van der Waals surface area contributed by atoms with Crippen LogP contribution in [-0.2, 0) is 0 Å². The van der Waals surface area contributed by atoms with Gasteiger partial charge in [-0.3, -0.25) is 4.90 Å². The quantitative estimate of drug-likeness (QED) is 0.784. The maximum absolute atomic E-state index is 5.76. The van der Waals surface area contributed by atoms with Gasteiger partial charge < -0.3 is 5.73 Å². The van der Waals surface area contributed by atoms with Gasteiger partial charge in [-0.1, -0.05) is 13.3 Å². The highest BCUT2D eigenvalue weighted by Crippen LogP contribution is 2.20. The van der Waals surface area contributed by atoms with E-state index < -0.39 is 0 Å². The molecule has 0 fully saturated rings. The molecule has 1 atom stereocenters. The van der Waals surface area contributed by atoms with Crippen LogP contribution in [0.25, 0.3) is 0 Å². The zero-order valence-corrected chi connectivity index (χ0v) is 9.76. The molecule has 0 aliphatic rings. The summed E-state index contributed by atoms with van der Waals surface area (Å²) >= 11 is 1.68. The van der Waals surface area contributed by atoms with Gasteiger partial charge in [0.1, 0.15) is 5.01 Å². The zero-order chi connectivity index (χ0) is 10.4. The number of nitrogens with zero attached hydrogens (tertiary/aromatic N) is 2. The first-order chi connectivity index (χ1) is 6.79. The monoisotopic (exact) mass is 213 g/mol. The van der Waals surface area contributed by atoms with Gasteiger partial charge in [0.15, 0.2) is 0 Å². The summed E-state index contributed by atoms with van der Waals surface area (Å²) in [5.74, 6) is 0. The van der Waals surface area contributed by atoms with Gasteiger partial charge >= 0.3 is 0 Å². The number of nitrogens with two attached hydrogens (primary N) is 1. The first-order valence-electron chi connectivity index (χ1n) is 5.09. The van der Waals surface area contributed by atoms with Crippen molar-refractivity contribution < 1.29 is 0 Å². The molecule has 0 aromatic carbocycles. The first-order valence-corrected chi connectivity index (χ1v) is 5.97. The van der Waals surface area contributed by atoms with Crippen LogP contribution in [0, 0.1) is 0 Å². The van der Waals surface area contributed by atoms with Crippen molar-refractivity contribution in [2.75, 3.05) is 20.1 Å². The Morgan fingerprint density at radius 3 is 2.93 bits per heavy atom. The van der Waals surface area contributed by atoms with Crippen LogP contribution >= 0.6 is 11.3 Å². The van der Waals surface area contributed by atoms with E-state index in [1.807, 2.05) is 11.6 Å². The largest absolute Gasteiger partial charge is 0.329 e. The van der Waals surface area contributed by atoms with Crippen LogP contribution in [0.4, 0.5) is 0 Å². The molecule has 3 nitrogen and oxygen atoms in total. The van der Waals surface area contributed by atoms with Gasteiger partial charge in [0.05, 0.1) is 6.04 Å². The predicted octanol–water partition coefficient (Wildman–Crippen LogP) is 1.87. The summed E-state index contributed by atoms with van der Waals surface area (Å²) in [4.78, 5) is 6.61. The third-order valence-corrected chi connectivity index (χ3v) is 3.23. The van der Waals surface area contributed by atoms with Crippen molar-refractivity contribution in [1.82, 2.24) is 9.88 Å². The number of likely N-dealkylation sites (N-methyl/N-ethyl adjacent to an activating group) is 1. The van der Waals surface area contributed by atoms with Crippen molar-refractivity contribution in [1.29, 1.82) is 0 Å². The molecule has 14 heavy (non-hydrogen) atoms. The van der Waals surface area contributed by atoms with Crippen LogP contribution in [0.3, 0.4) is 0 Å². The Bertz CT molecular complexity index is 236. The number of aromatic nitrogens is 1. The molecule has 0 aliphatic heterocycles. The summed E-state index contributed by atoms with van der Waals surface area (Å²) in [5.41, 5.74) is 5.76. The molecule has 2 N–H and O–H groups in total. The molecule has 1 aromatic rings. The molecule has 0 radical (unpaired) electrons. The molecule has 0 saturated carbocycles. The first kappa shape index (κ1) is 11.6. The lowest BCUT2D eigenvalue weighted by molar-refractivity contribution is 0.246. The van der Waals surface area contributed by atoms with Gasteiger partial charge in [-0.15, -0.1) is 11.3 Å². The van der Waals surface area contributed by atoms with E-state index in [9.17, 15) is 0 Å². The third kappa shape index (κ3) is 3.04. The molecular weight excluding hydrogens is 194 g/mol. The fraction of sp³-hybridized carbons (Fsp3) is 0.700. The minimum Gasteiger partial charge on any atom is -0.329 e. The smallest absolute Gasteiger partial charge is 0.111 e. The fourth-order valence-corrected chi connectivity index (χ4v) is 2.25. The van der Waals surface area contributed by atoms with Crippen LogP contribution < -0.4 is 5.73 Å². The molecule has 0 saturated heterocycles. The van der Waals surface area contributed by atoms with E-state index in [0.717, 1.165) is 11.6 Å². The van der Waals surface area contributed by atoms with E-state index >= 15 is 0 Å². The van der Waals surface area contributed by atoms with Gasteiger partial charge in [-0.2, -0.15) is 0 Å². The van der Waals surface area contributed by atoms with Gasteiger partial charge in [0.2, 0.25) is 0 Å². The number of thiazole rings is 1. The standard InChI is InChI=1S/C10H19N3S/c1-3-4-6-13(2)9(8-11)10-12-5-7-14-10/h5,7,9H,3-4,6,8,11H2,1-2H3. The summed E-state index contributed by atoms with van der Waals surface area (Å²) in [6.45, 7) is 3.94. The van der Waals surface area contributed by atoms with Crippen LogP contribution in [0.2, 0.25) is 0 Å². The molecule has 0 amide bonds. The van der Waals surface area contributed by atoms with Crippen molar-refractivity contribution in [2.24, 2.45) is 5.73 Å². The van der Waals surface area contributed by atoms with E-state index in [-0.39, 0.29) is 0 Å². The highest BCUT2D eigenvalue weighted by molar-refractivity contribution is 7.09. The third-order valence-electron chi connectivity index (χ3n) is 2.36. The van der Waals surface area contributed by atoms with Crippen LogP contribution in [-0.4, -0.2) is 30.0 Å². The van der Waals surface area contributed by atoms with Crippen LogP contribution in [0.5, 0.6) is 0 Å². The van der Waals surface area contributed by atoms with E-state index in [1.54, 1.807) is 11.3 Å². The van der Waals surface area contributed by atoms with Gasteiger partial charge in [0, 0.05) is 18.1 Å². The Labute approximate surface area is 89.9 Å². The van der Waals surface area contributed by atoms with Crippen molar-refractivity contribution in [3.05, 3.63) is 16.6 Å². The summed E-state index contributed by atoms with van der Waals surface area (Å²) in [5, 5.41) is 3.14. The van der Waals surface area contributed by atoms with E-state index in [2.05, 4.69) is 23.9 Å². The SMILES string of the molecule is CCCCN(C)C(CN)c1nccs1. The molecule has 1 aromatic heterocycles. The molecule has 1 unspecified atom stereocenters. The number of unbranched alkanes of at least 4 members (excludes halogenated alkanes) is 1. The Balaban J connectivity index is 2.53. The molecule has 4 heteroatoms. The van der Waals surface area contributed by atoms with Crippen molar-refractivity contribution >= 4 is 11.3 Å². The van der Waals surface area contributed by atoms with Crippen molar-refractivity contribution in [3.8, 4) is 0 Å². The van der Waals surface area contributed by atoms with Gasteiger partial charge in [-0.05, 0) is 20.0 Å². The second kappa shape index (κ2) is 6.11. The highest BCUT2D eigenvalue weighted by Gasteiger charge is 2.16. The van der Waals surface area contributed by atoms with Crippen molar-refractivity contribution in [2.45, 2.75) is 25.8 Å². The average Bonchev–Trinajstić information content (AvgIpc) is 2.69. The lowest BCUT2D eigenvalue weighted by atomic mass is 10.2. The molecular formula is C10H19N3S. The van der Waals surface area contributed by atoms with Crippen molar-refractivity contribution in [3.63, 3.8) is 0 Å². The normalized spacial score (nSPS) is 13.4. The Kier molecular flexibility index (Phi) is 5.07. The van der Waals surface area contributed by atoms with Gasteiger partial charge in [-0.25, -0.2) is 4.98 Å². The lowest BCUT2D eigenvalue weighted by Gasteiger charge is -2.24. The maximum atomic E-state index is 5.76. The Morgan fingerprint density at radius 2 is 2.43 bits per heavy atom. The number of hydrogen-bond donors (Lipinski definition) is 1. The van der Waals surface area contributed by atoms with E-state index in [1.165, 1.54) is 12.8 Å². The average molecular weight is 213 g/mol. The second-order valence-electron chi connectivity index (χ2n) is 3.46. The molecule has 0 spiro atoms. The minimum atomic E-state index is 0.293. The topological polar surface area (TPSA) is 42.1 Å². The summed E-state index contributed by atoms with van der Waals surface area (Å²) in [6.07, 6.45) is 4.29. The molecule has 0 aliphatic carbocycles. The molecule has 80 valence electrons. The fourth-order valence-electron chi connectivity index (χ4n) is 1.43. The minimum absolute atomic E-state index is 0.293. The molecule has 1 rings (SSSR count). The van der Waals surface area contributed by atoms with Gasteiger partial charge in [0.25, 0.3) is 0 Å². The summed E-state index contributed by atoms with van der Waals surface area (Å²) in [6, 6.07) is 0.293. The van der Waals surface area contributed by atoms with E-state index in [0.29, 0.717) is 12.6 Å². The zero-order valence-electron chi connectivity index (χ0n) is 8.94. The number of hydrogen-bond acceptors (Lipinski definition) is 4. The summed E-state index contributed by atoms with van der Waals surface area (Å²) in [7, 11) is 2.12. The lowest BCUT2D eigenvalue weighted by Crippen LogP contribution is -2.31. The highest BCUT2D eigenvalue weighted by atomic mass is 32.1. The molecule has 0 bridgehead atoms. The Morgan fingerprint density at radius 1 is 1.64 bits per heavy atom. The second-order valence-corrected chi connectivity index (χ2v) is 4.38. The maximum Gasteiger partial charge on any atom is 0.111 e. The Hall–Kier alpha value is -0.450. The van der Waals surface area contributed by atoms with E-state index in [4.69, 9.17) is 5.73 Å². The predicted molar refractivity (Wildman–Crippen MR) is 61.4 cm³/mol. The molecule has 1 heterocycles. The number of rotatable bonds is 6. The van der Waals surface area contributed by atoms with Crippen LogP contribution in [0.1, 0.15) is 30.8 Å². The summed E-state index contributed by atoms with van der Waals surface area (Å²) < 4.78 is 0. The van der Waals surface area contributed by atoms with Crippen LogP contribution in [0.15, 0.2) is 11.6 Å².